The Labute approximate surface area is 170 Å². The zero-order valence-electron chi connectivity index (χ0n) is 15.9. The zero-order valence-corrected chi connectivity index (χ0v) is 15.9. The van der Waals surface area contributed by atoms with Crippen molar-refractivity contribution in [3.8, 4) is 5.75 Å². The number of aliphatic hydroxyl groups is 1. The van der Waals surface area contributed by atoms with Gasteiger partial charge in [-0.25, -0.2) is 4.98 Å². The van der Waals surface area contributed by atoms with E-state index in [-0.39, 0.29) is 12.3 Å². The van der Waals surface area contributed by atoms with Crippen LogP contribution in [0.5, 0.6) is 5.75 Å². The van der Waals surface area contributed by atoms with Gasteiger partial charge in [0.05, 0.1) is 12.1 Å². The van der Waals surface area contributed by atoms with E-state index in [2.05, 4.69) is 15.3 Å². The van der Waals surface area contributed by atoms with Crippen LogP contribution in [0.1, 0.15) is 17.9 Å². The van der Waals surface area contributed by atoms with Gasteiger partial charge in [-0.15, -0.1) is 0 Å². The number of halogens is 3. The second-order valence-corrected chi connectivity index (χ2v) is 6.58. The normalized spacial score (nSPS) is 13.5. The number of carbonyl (C=O) groups is 1. The number of hydrogen-bond acceptors (Lipinski definition) is 5. The number of ether oxygens (including phenoxy) is 1. The van der Waals surface area contributed by atoms with Gasteiger partial charge in [-0.05, 0) is 24.3 Å². The lowest BCUT2D eigenvalue weighted by Gasteiger charge is -2.29. The molecular formula is C20H19F3N4O3. The molecule has 7 nitrogen and oxygen atoms in total. The van der Waals surface area contributed by atoms with E-state index in [1.165, 1.54) is 25.4 Å². The topological polar surface area (TPSA) is 89.3 Å². The van der Waals surface area contributed by atoms with Crippen LogP contribution in [0.25, 0.3) is 0 Å². The first-order valence-corrected chi connectivity index (χ1v) is 8.88. The van der Waals surface area contributed by atoms with Crippen LogP contribution in [0.4, 0.5) is 18.9 Å². The molecule has 1 atom stereocenters. The van der Waals surface area contributed by atoms with Crippen LogP contribution in [0.3, 0.4) is 0 Å². The van der Waals surface area contributed by atoms with Gasteiger partial charge in [0.15, 0.2) is 5.82 Å². The summed E-state index contributed by atoms with van der Waals surface area (Å²) in [7, 11) is 1.30. The Morgan fingerprint density at radius 3 is 2.60 bits per heavy atom. The molecule has 1 aromatic carbocycles. The van der Waals surface area contributed by atoms with Crippen molar-refractivity contribution in [2.24, 2.45) is 7.05 Å². The van der Waals surface area contributed by atoms with E-state index in [9.17, 15) is 23.1 Å². The quantitative estimate of drug-likeness (QED) is 0.613. The lowest BCUT2D eigenvalue weighted by molar-refractivity contribution is -0.270. The average Bonchev–Trinajstić information content (AvgIpc) is 3.13. The van der Waals surface area contributed by atoms with Gasteiger partial charge in [0.25, 0.3) is 0 Å². The third kappa shape index (κ3) is 4.77. The number of pyridine rings is 1. The van der Waals surface area contributed by atoms with Crippen LogP contribution in [-0.4, -0.2) is 31.7 Å². The Morgan fingerprint density at radius 2 is 1.97 bits per heavy atom. The average molecular weight is 420 g/mol. The third-order valence-corrected chi connectivity index (χ3v) is 4.31. The number of benzene rings is 1. The minimum atomic E-state index is -5.10. The molecule has 0 radical (unpaired) electrons. The standard InChI is InChI=1S/C20H19F3N4O3/c1-27-10-9-25-18(27)19(29,20(21,22)23)12-17(28)26-14-6-4-7-16(11-14)30-13-15-5-2-3-8-24-15/h2-11,29H,12-13H2,1H3,(H,26,28). The number of imidazole rings is 1. The minimum absolute atomic E-state index is 0.186. The van der Waals surface area contributed by atoms with Gasteiger partial charge in [0.1, 0.15) is 12.4 Å². The second kappa shape index (κ2) is 8.54. The highest BCUT2D eigenvalue weighted by molar-refractivity contribution is 5.91. The molecule has 0 aliphatic heterocycles. The van der Waals surface area contributed by atoms with Crippen molar-refractivity contribution in [3.63, 3.8) is 0 Å². The van der Waals surface area contributed by atoms with Crippen LogP contribution >= 0.6 is 0 Å². The third-order valence-electron chi connectivity index (χ3n) is 4.31. The predicted molar refractivity (Wildman–Crippen MR) is 101 cm³/mol. The monoisotopic (exact) mass is 420 g/mol. The number of rotatable bonds is 7. The van der Waals surface area contributed by atoms with Crippen LogP contribution in [0.15, 0.2) is 61.1 Å². The zero-order chi connectivity index (χ0) is 21.8. The first-order chi connectivity index (χ1) is 14.2. The number of carbonyl (C=O) groups excluding carboxylic acids is 1. The fourth-order valence-electron chi connectivity index (χ4n) is 2.81. The largest absolute Gasteiger partial charge is 0.487 e. The SMILES string of the molecule is Cn1ccnc1C(O)(CC(=O)Nc1cccc(OCc2ccccn2)c1)C(F)(F)F. The molecule has 0 spiro atoms. The molecule has 10 heteroatoms. The molecule has 3 aromatic rings. The lowest BCUT2D eigenvalue weighted by Crippen LogP contribution is -2.46. The van der Waals surface area contributed by atoms with E-state index >= 15 is 0 Å². The first kappa shape index (κ1) is 21.3. The van der Waals surface area contributed by atoms with Gasteiger partial charge >= 0.3 is 6.18 Å². The summed E-state index contributed by atoms with van der Waals surface area (Å²) < 4.78 is 47.3. The van der Waals surface area contributed by atoms with Crippen molar-refractivity contribution in [1.82, 2.24) is 14.5 Å². The highest BCUT2D eigenvalue weighted by Gasteiger charge is 2.58. The van der Waals surface area contributed by atoms with E-state index in [0.29, 0.717) is 11.4 Å². The number of aromatic nitrogens is 3. The molecule has 0 bridgehead atoms. The Bertz CT molecular complexity index is 1010. The highest BCUT2D eigenvalue weighted by Crippen LogP contribution is 2.41. The van der Waals surface area contributed by atoms with Crippen molar-refractivity contribution in [2.45, 2.75) is 24.8 Å². The smallest absolute Gasteiger partial charge is 0.425 e. The van der Waals surface area contributed by atoms with E-state index in [1.54, 1.807) is 30.5 Å². The molecule has 2 heterocycles. The molecule has 0 aliphatic rings. The summed E-state index contributed by atoms with van der Waals surface area (Å²) in [5.41, 5.74) is -2.51. The fraction of sp³-hybridized carbons (Fsp3) is 0.250. The van der Waals surface area contributed by atoms with Crippen molar-refractivity contribution >= 4 is 11.6 Å². The number of alkyl halides is 3. The molecule has 1 unspecified atom stereocenters. The Balaban J connectivity index is 1.70. The first-order valence-electron chi connectivity index (χ1n) is 8.88. The Kier molecular flexibility index (Phi) is 6.06. The van der Waals surface area contributed by atoms with Crippen LogP contribution < -0.4 is 10.1 Å². The van der Waals surface area contributed by atoms with Gasteiger partial charge in [-0.2, -0.15) is 13.2 Å². The van der Waals surface area contributed by atoms with Crippen LogP contribution in [0.2, 0.25) is 0 Å². The number of hydrogen-bond donors (Lipinski definition) is 2. The summed E-state index contributed by atoms with van der Waals surface area (Å²) in [5.74, 6) is -1.30. The van der Waals surface area contributed by atoms with Crippen molar-refractivity contribution in [1.29, 1.82) is 0 Å². The molecular weight excluding hydrogens is 401 g/mol. The van der Waals surface area contributed by atoms with E-state index in [4.69, 9.17) is 4.74 Å². The molecule has 0 saturated carbocycles. The molecule has 3 rings (SSSR count). The highest BCUT2D eigenvalue weighted by atomic mass is 19.4. The lowest BCUT2D eigenvalue weighted by atomic mass is 9.97. The van der Waals surface area contributed by atoms with E-state index in [0.717, 1.165) is 10.8 Å². The number of anilines is 1. The molecule has 30 heavy (non-hydrogen) atoms. The molecule has 158 valence electrons. The molecule has 1 amide bonds. The maximum atomic E-state index is 13.6. The Hall–Kier alpha value is -3.40. The summed E-state index contributed by atoms with van der Waals surface area (Å²) in [6, 6.07) is 11.5. The number of nitrogens with zero attached hydrogens (tertiary/aromatic N) is 3. The maximum absolute atomic E-state index is 13.6. The molecule has 0 saturated heterocycles. The Morgan fingerprint density at radius 1 is 1.17 bits per heavy atom. The summed E-state index contributed by atoms with van der Waals surface area (Å²) in [6.07, 6.45) is -2.35. The number of amides is 1. The van der Waals surface area contributed by atoms with Gasteiger partial charge in [-0.1, -0.05) is 12.1 Å². The molecule has 0 fully saturated rings. The number of aryl methyl sites for hydroxylation is 1. The molecule has 0 aliphatic carbocycles. The maximum Gasteiger partial charge on any atom is 0.425 e. The molecule has 2 aromatic heterocycles. The van der Waals surface area contributed by atoms with Crippen LogP contribution in [0, 0.1) is 0 Å². The summed E-state index contributed by atoms with van der Waals surface area (Å²) in [6.45, 7) is 0.186. The van der Waals surface area contributed by atoms with Crippen molar-refractivity contribution < 1.29 is 27.8 Å². The van der Waals surface area contributed by atoms with Gasteiger partial charge < -0.3 is 19.7 Å². The van der Waals surface area contributed by atoms with E-state index < -0.39 is 29.9 Å². The second-order valence-electron chi connectivity index (χ2n) is 6.58. The van der Waals surface area contributed by atoms with Gasteiger partial charge in [0, 0.05) is 37.4 Å². The summed E-state index contributed by atoms with van der Waals surface area (Å²) in [5, 5.41) is 12.7. The summed E-state index contributed by atoms with van der Waals surface area (Å²) >= 11 is 0. The predicted octanol–water partition coefficient (Wildman–Crippen LogP) is 3.17. The minimum Gasteiger partial charge on any atom is -0.487 e. The van der Waals surface area contributed by atoms with E-state index in [1.807, 2.05) is 6.07 Å². The van der Waals surface area contributed by atoms with Crippen LogP contribution in [-0.2, 0) is 24.1 Å². The van der Waals surface area contributed by atoms with Crippen molar-refractivity contribution in [3.05, 3.63) is 72.6 Å². The summed E-state index contributed by atoms with van der Waals surface area (Å²) in [4.78, 5) is 20.0. The van der Waals surface area contributed by atoms with Gasteiger partial charge in [0.2, 0.25) is 11.5 Å². The fourth-order valence-corrected chi connectivity index (χ4v) is 2.81. The van der Waals surface area contributed by atoms with Crippen molar-refractivity contribution in [2.75, 3.05) is 5.32 Å². The number of nitrogens with one attached hydrogen (secondary N) is 1. The molecule has 2 N–H and O–H groups in total. The van der Waals surface area contributed by atoms with Gasteiger partial charge in [-0.3, -0.25) is 9.78 Å².